The van der Waals surface area contributed by atoms with Gasteiger partial charge in [-0.15, -0.1) is 0 Å². The number of thiol groups is 1. The van der Waals surface area contributed by atoms with E-state index in [2.05, 4.69) is 19.6 Å². The van der Waals surface area contributed by atoms with E-state index in [4.69, 9.17) is 21.1 Å². The average molecular weight is 339 g/mol. The van der Waals surface area contributed by atoms with Gasteiger partial charge < -0.3 is 9.47 Å². The lowest BCUT2D eigenvalue weighted by atomic mass is 9.94. The molecule has 0 bridgehead atoms. The zero-order valence-electron chi connectivity index (χ0n) is 14.2. The SMILES string of the molecule is CCCCCCCCC(CCCS)C(Cl)(OCC)OCC. The molecule has 0 aliphatic heterocycles. The Labute approximate surface area is 142 Å². The van der Waals surface area contributed by atoms with E-state index in [1.54, 1.807) is 0 Å². The van der Waals surface area contributed by atoms with Crippen LogP contribution in [0.5, 0.6) is 0 Å². The van der Waals surface area contributed by atoms with Crippen LogP contribution in [0.25, 0.3) is 0 Å². The number of alkyl halides is 1. The monoisotopic (exact) mass is 338 g/mol. The maximum atomic E-state index is 6.63. The summed E-state index contributed by atoms with van der Waals surface area (Å²) in [5, 5.41) is -0.949. The molecule has 0 saturated carbocycles. The first-order valence-electron chi connectivity index (χ1n) is 8.72. The molecule has 0 aliphatic carbocycles. The van der Waals surface area contributed by atoms with Crippen molar-refractivity contribution in [2.24, 2.45) is 5.92 Å². The summed E-state index contributed by atoms with van der Waals surface area (Å²) < 4.78 is 11.5. The number of ether oxygens (including phenoxy) is 2. The highest BCUT2D eigenvalue weighted by molar-refractivity contribution is 7.80. The fraction of sp³-hybridized carbons (Fsp3) is 1.00. The zero-order chi connectivity index (χ0) is 16.0. The van der Waals surface area contributed by atoms with Gasteiger partial charge in [0.2, 0.25) is 0 Å². The Kier molecular flexibility index (Phi) is 14.5. The number of hydrogen-bond donors (Lipinski definition) is 1. The van der Waals surface area contributed by atoms with E-state index in [9.17, 15) is 0 Å². The van der Waals surface area contributed by atoms with E-state index < -0.39 is 5.25 Å². The molecule has 1 atom stereocenters. The van der Waals surface area contributed by atoms with Crippen molar-refractivity contribution in [3.63, 3.8) is 0 Å². The zero-order valence-corrected chi connectivity index (χ0v) is 15.9. The summed E-state index contributed by atoms with van der Waals surface area (Å²) in [5.74, 6) is 1.13. The lowest BCUT2D eigenvalue weighted by Gasteiger charge is -2.34. The smallest absolute Gasteiger partial charge is 0.251 e. The first-order chi connectivity index (χ1) is 10.1. The predicted molar refractivity (Wildman–Crippen MR) is 96.4 cm³/mol. The molecule has 0 radical (unpaired) electrons. The Morgan fingerprint density at radius 1 is 0.857 bits per heavy atom. The Morgan fingerprint density at radius 3 is 1.90 bits per heavy atom. The molecule has 21 heavy (non-hydrogen) atoms. The number of unbranched alkanes of at least 4 members (excludes halogenated alkanes) is 5. The first-order valence-corrected chi connectivity index (χ1v) is 9.73. The molecule has 0 amide bonds. The van der Waals surface area contributed by atoms with Crippen molar-refractivity contribution in [2.75, 3.05) is 19.0 Å². The standard InChI is InChI=1S/C17H35ClO2S/c1-4-7-8-9-10-11-13-16(14-12-15-21)17(18,19-5-2)20-6-3/h16,21H,4-15H2,1-3H3. The van der Waals surface area contributed by atoms with E-state index in [-0.39, 0.29) is 5.92 Å². The molecule has 0 saturated heterocycles. The lowest BCUT2D eigenvalue weighted by molar-refractivity contribution is -0.206. The fourth-order valence-electron chi connectivity index (χ4n) is 2.67. The van der Waals surface area contributed by atoms with Crippen LogP contribution >= 0.6 is 24.2 Å². The molecule has 0 aromatic rings. The second-order valence-corrected chi connectivity index (χ2v) is 6.54. The number of hydrogen-bond acceptors (Lipinski definition) is 3. The van der Waals surface area contributed by atoms with Crippen LogP contribution in [0.1, 0.15) is 78.6 Å². The molecule has 0 aliphatic rings. The summed E-state index contributed by atoms with van der Waals surface area (Å²) >= 11 is 11.0. The van der Waals surface area contributed by atoms with E-state index in [1.165, 1.54) is 38.5 Å². The van der Waals surface area contributed by atoms with Crippen molar-refractivity contribution >= 4 is 24.2 Å². The van der Waals surface area contributed by atoms with Crippen LogP contribution in [0.4, 0.5) is 0 Å². The molecule has 128 valence electrons. The quantitative estimate of drug-likeness (QED) is 0.170. The van der Waals surface area contributed by atoms with Crippen molar-refractivity contribution in [1.29, 1.82) is 0 Å². The molecule has 0 N–H and O–H groups in total. The number of halogens is 1. The lowest BCUT2D eigenvalue weighted by Crippen LogP contribution is -2.38. The van der Waals surface area contributed by atoms with Crippen LogP contribution in [-0.4, -0.2) is 24.2 Å². The summed E-state index contributed by atoms with van der Waals surface area (Å²) in [5.41, 5.74) is 0. The summed E-state index contributed by atoms with van der Waals surface area (Å²) in [6.07, 6.45) is 10.9. The minimum absolute atomic E-state index is 0.248. The maximum Gasteiger partial charge on any atom is 0.251 e. The molecule has 1 unspecified atom stereocenters. The van der Waals surface area contributed by atoms with Crippen molar-refractivity contribution in [3.05, 3.63) is 0 Å². The van der Waals surface area contributed by atoms with Gasteiger partial charge in [0.15, 0.2) is 0 Å². The Morgan fingerprint density at radius 2 is 1.38 bits per heavy atom. The third-order valence-corrected chi connectivity index (χ3v) is 4.63. The van der Waals surface area contributed by atoms with E-state index >= 15 is 0 Å². The molecule has 0 aromatic carbocycles. The summed E-state index contributed by atoms with van der Waals surface area (Å²) in [6, 6.07) is 0. The largest absolute Gasteiger partial charge is 0.337 e. The average Bonchev–Trinajstić information content (AvgIpc) is 2.46. The molecule has 0 fully saturated rings. The molecular formula is C17H35ClO2S. The highest BCUT2D eigenvalue weighted by atomic mass is 35.5. The Bertz CT molecular complexity index is 221. The van der Waals surface area contributed by atoms with Gasteiger partial charge in [-0.25, -0.2) is 0 Å². The van der Waals surface area contributed by atoms with Gasteiger partial charge in [0.1, 0.15) is 0 Å². The van der Waals surface area contributed by atoms with Crippen LogP contribution < -0.4 is 0 Å². The summed E-state index contributed by atoms with van der Waals surface area (Å²) in [6.45, 7) is 7.35. The van der Waals surface area contributed by atoms with E-state index in [1.807, 2.05) is 13.8 Å². The van der Waals surface area contributed by atoms with Gasteiger partial charge in [-0.3, -0.25) is 0 Å². The minimum atomic E-state index is -0.949. The van der Waals surface area contributed by atoms with Crippen LogP contribution in [0.2, 0.25) is 0 Å². The van der Waals surface area contributed by atoms with Gasteiger partial charge in [-0.05, 0) is 38.9 Å². The van der Waals surface area contributed by atoms with Crippen molar-refractivity contribution in [1.82, 2.24) is 0 Å². The summed E-state index contributed by atoms with van der Waals surface area (Å²) in [4.78, 5) is 0. The van der Waals surface area contributed by atoms with Gasteiger partial charge in [0.25, 0.3) is 5.25 Å². The third-order valence-electron chi connectivity index (χ3n) is 3.79. The van der Waals surface area contributed by atoms with Crippen molar-refractivity contribution < 1.29 is 9.47 Å². The van der Waals surface area contributed by atoms with Crippen LogP contribution in [0.3, 0.4) is 0 Å². The summed E-state index contributed by atoms with van der Waals surface area (Å²) in [7, 11) is 0. The molecule has 0 heterocycles. The molecular weight excluding hydrogens is 304 g/mol. The van der Waals surface area contributed by atoms with Gasteiger partial charge in [0, 0.05) is 19.1 Å². The van der Waals surface area contributed by atoms with Gasteiger partial charge in [0.05, 0.1) is 0 Å². The van der Waals surface area contributed by atoms with Gasteiger partial charge in [-0.2, -0.15) is 12.6 Å². The second kappa shape index (κ2) is 14.2. The van der Waals surface area contributed by atoms with Crippen LogP contribution in [-0.2, 0) is 9.47 Å². The van der Waals surface area contributed by atoms with Crippen LogP contribution in [0, 0.1) is 5.92 Å². The number of rotatable bonds is 15. The van der Waals surface area contributed by atoms with E-state index in [0.29, 0.717) is 13.2 Å². The van der Waals surface area contributed by atoms with Gasteiger partial charge in [-0.1, -0.05) is 57.0 Å². The normalized spacial score (nSPS) is 13.6. The predicted octanol–water partition coefficient (Wildman–Crippen LogP) is 6.03. The second-order valence-electron chi connectivity index (χ2n) is 5.57. The molecule has 0 rings (SSSR count). The van der Waals surface area contributed by atoms with E-state index in [0.717, 1.165) is 25.0 Å². The molecule has 4 heteroatoms. The maximum absolute atomic E-state index is 6.63. The highest BCUT2D eigenvalue weighted by Crippen LogP contribution is 2.36. The molecule has 0 aromatic heterocycles. The fourth-order valence-corrected chi connectivity index (χ4v) is 3.29. The topological polar surface area (TPSA) is 18.5 Å². The Balaban J connectivity index is 4.32. The molecule has 2 nitrogen and oxygen atoms in total. The third kappa shape index (κ3) is 10.0. The van der Waals surface area contributed by atoms with Crippen LogP contribution in [0.15, 0.2) is 0 Å². The highest BCUT2D eigenvalue weighted by Gasteiger charge is 2.37. The van der Waals surface area contributed by atoms with Crippen molar-refractivity contribution in [3.8, 4) is 0 Å². The molecule has 0 spiro atoms. The van der Waals surface area contributed by atoms with Gasteiger partial charge >= 0.3 is 0 Å². The first kappa shape index (κ1) is 21.6. The van der Waals surface area contributed by atoms with Crippen molar-refractivity contribution in [2.45, 2.75) is 83.8 Å². The minimum Gasteiger partial charge on any atom is -0.337 e. The Hall–Kier alpha value is 0.560.